The minimum Gasteiger partial charge on any atom is -0.444 e. The van der Waals surface area contributed by atoms with Gasteiger partial charge in [0, 0.05) is 19.0 Å². The topological polar surface area (TPSA) is 99.7 Å². The van der Waals surface area contributed by atoms with Gasteiger partial charge in [-0.2, -0.15) is 5.26 Å². The molecule has 0 aromatic heterocycles. The number of amides is 2. The zero-order valence-electron chi connectivity index (χ0n) is 14.5. The molecule has 2 heterocycles. The smallest absolute Gasteiger partial charge is 0.414 e. The van der Waals surface area contributed by atoms with Crippen LogP contribution in [0.15, 0.2) is 18.2 Å². The van der Waals surface area contributed by atoms with Gasteiger partial charge in [-0.05, 0) is 30.5 Å². The van der Waals surface area contributed by atoms with Crippen LogP contribution >= 0.6 is 0 Å². The molecule has 138 valence electrons. The van der Waals surface area contributed by atoms with Crippen molar-refractivity contribution in [2.75, 3.05) is 22.9 Å². The highest BCUT2D eigenvalue weighted by atomic mass is 19.1. The van der Waals surface area contributed by atoms with E-state index in [0.29, 0.717) is 36.7 Å². The summed E-state index contributed by atoms with van der Waals surface area (Å²) in [5.74, 6) is -0.551. The van der Waals surface area contributed by atoms with Crippen molar-refractivity contribution in [3.05, 3.63) is 24.0 Å². The van der Waals surface area contributed by atoms with Crippen molar-refractivity contribution in [3.63, 3.8) is 0 Å². The average molecular weight is 360 g/mol. The second-order valence-electron chi connectivity index (χ2n) is 6.82. The van der Waals surface area contributed by atoms with E-state index in [1.54, 1.807) is 12.1 Å². The Kier molecular flexibility index (Phi) is 4.98. The van der Waals surface area contributed by atoms with Crippen LogP contribution in [0.1, 0.15) is 26.2 Å². The number of anilines is 2. The summed E-state index contributed by atoms with van der Waals surface area (Å²) in [4.78, 5) is 26.1. The van der Waals surface area contributed by atoms with Crippen LogP contribution in [-0.2, 0) is 9.53 Å². The maximum Gasteiger partial charge on any atom is 0.414 e. The summed E-state index contributed by atoms with van der Waals surface area (Å²) in [6.07, 6.45) is -0.172. The molecule has 0 aliphatic carbocycles. The van der Waals surface area contributed by atoms with Crippen LogP contribution in [0.25, 0.3) is 0 Å². The number of rotatable bonds is 6. The van der Waals surface area contributed by atoms with Gasteiger partial charge in [-0.1, -0.05) is 6.92 Å². The summed E-state index contributed by atoms with van der Waals surface area (Å²) in [6.45, 7) is 2.99. The largest absolute Gasteiger partial charge is 0.444 e. The number of halogens is 1. The number of nitriles is 1. The van der Waals surface area contributed by atoms with Crippen LogP contribution in [0.5, 0.6) is 0 Å². The highest BCUT2D eigenvalue weighted by Crippen LogP contribution is 2.36. The molecule has 1 aromatic rings. The maximum absolute atomic E-state index is 14.6. The molecular weight excluding hydrogens is 339 g/mol. The van der Waals surface area contributed by atoms with Crippen LogP contribution in [0.3, 0.4) is 0 Å². The molecule has 2 amide bonds. The van der Waals surface area contributed by atoms with Gasteiger partial charge in [-0.25, -0.2) is 9.18 Å². The van der Waals surface area contributed by atoms with Crippen molar-refractivity contribution in [1.29, 1.82) is 5.26 Å². The molecule has 1 aromatic carbocycles. The van der Waals surface area contributed by atoms with Gasteiger partial charge in [0.05, 0.1) is 30.4 Å². The third kappa shape index (κ3) is 3.43. The van der Waals surface area contributed by atoms with Crippen molar-refractivity contribution >= 4 is 23.4 Å². The number of carbonyl (C=O) groups is 2. The Hall–Kier alpha value is -2.82. The third-order valence-corrected chi connectivity index (χ3v) is 4.98. The summed E-state index contributed by atoms with van der Waals surface area (Å²) in [5, 5.41) is 8.92. The van der Waals surface area contributed by atoms with Gasteiger partial charge in [-0.15, -0.1) is 0 Å². The molecule has 3 rings (SSSR count). The molecule has 0 spiro atoms. The first-order valence-electron chi connectivity index (χ1n) is 8.60. The predicted octanol–water partition coefficient (Wildman–Crippen LogP) is 2.15. The molecule has 8 heteroatoms. The lowest BCUT2D eigenvalue weighted by Gasteiger charge is -2.47. The fraction of sp³-hybridized carbons (Fsp3) is 0.500. The van der Waals surface area contributed by atoms with E-state index in [-0.39, 0.29) is 19.0 Å². The number of primary amides is 1. The van der Waals surface area contributed by atoms with E-state index in [1.807, 2.05) is 11.8 Å². The van der Waals surface area contributed by atoms with E-state index < -0.39 is 23.9 Å². The standard InChI is InChI=1S/C18H21FN4O3/c1-11-9-23(15(11)6-7-20)16-4-2-12(8-14(16)19)22-10-13(26-18(22)25)3-5-17(21)24/h2,4,8,11,13,15H,3,5-6,9-10H2,1H3,(H2,21,24). The fourth-order valence-electron chi connectivity index (χ4n) is 3.50. The van der Waals surface area contributed by atoms with Crippen LogP contribution in [0.4, 0.5) is 20.6 Å². The second kappa shape index (κ2) is 7.20. The van der Waals surface area contributed by atoms with Crippen molar-refractivity contribution < 1.29 is 18.7 Å². The van der Waals surface area contributed by atoms with E-state index in [4.69, 9.17) is 15.7 Å². The minimum atomic E-state index is -0.563. The summed E-state index contributed by atoms with van der Waals surface area (Å²) in [5.41, 5.74) is 5.95. The van der Waals surface area contributed by atoms with Gasteiger partial charge in [0.25, 0.3) is 0 Å². The minimum absolute atomic E-state index is 0.00952. The lowest BCUT2D eigenvalue weighted by atomic mass is 9.87. The summed E-state index contributed by atoms with van der Waals surface area (Å²) < 4.78 is 19.8. The number of carbonyl (C=O) groups excluding carboxylic acids is 2. The molecule has 0 saturated carbocycles. The first-order chi connectivity index (χ1) is 12.4. The van der Waals surface area contributed by atoms with Crippen LogP contribution in [0.2, 0.25) is 0 Å². The van der Waals surface area contributed by atoms with E-state index in [2.05, 4.69) is 6.07 Å². The zero-order chi connectivity index (χ0) is 18.8. The molecule has 3 unspecified atom stereocenters. The first kappa shape index (κ1) is 18.0. The van der Waals surface area contributed by atoms with Gasteiger partial charge in [0.2, 0.25) is 5.91 Å². The maximum atomic E-state index is 14.6. The van der Waals surface area contributed by atoms with Gasteiger partial charge in [0.15, 0.2) is 0 Å². The van der Waals surface area contributed by atoms with E-state index in [1.165, 1.54) is 11.0 Å². The number of hydrogen-bond donors (Lipinski definition) is 1. The Labute approximate surface area is 151 Å². The summed E-state index contributed by atoms with van der Waals surface area (Å²) >= 11 is 0. The van der Waals surface area contributed by atoms with E-state index in [0.717, 1.165) is 0 Å². The quantitative estimate of drug-likeness (QED) is 0.838. The van der Waals surface area contributed by atoms with Crippen molar-refractivity contribution in [2.45, 2.75) is 38.3 Å². The highest BCUT2D eigenvalue weighted by Gasteiger charge is 2.37. The van der Waals surface area contributed by atoms with Crippen LogP contribution in [-0.4, -0.2) is 37.2 Å². The second-order valence-corrected chi connectivity index (χ2v) is 6.82. The SMILES string of the molecule is CC1CN(c2ccc(N3CC(CCC(N)=O)OC3=O)cc2F)C1CC#N. The number of cyclic esters (lactones) is 1. The van der Waals surface area contributed by atoms with Crippen molar-refractivity contribution in [2.24, 2.45) is 11.7 Å². The Morgan fingerprint density at radius 1 is 1.46 bits per heavy atom. The van der Waals surface area contributed by atoms with E-state index in [9.17, 15) is 14.0 Å². The molecule has 2 saturated heterocycles. The van der Waals surface area contributed by atoms with Gasteiger partial charge in [-0.3, -0.25) is 9.69 Å². The molecule has 2 aliphatic heterocycles. The third-order valence-electron chi connectivity index (χ3n) is 4.98. The Balaban J connectivity index is 1.71. The van der Waals surface area contributed by atoms with Crippen molar-refractivity contribution in [3.8, 4) is 6.07 Å². The van der Waals surface area contributed by atoms with Crippen LogP contribution in [0, 0.1) is 23.1 Å². The van der Waals surface area contributed by atoms with Gasteiger partial charge < -0.3 is 15.4 Å². The Morgan fingerprint density at radius 3 is 2.85 bits per heavy atom. The van der Waals surface area contributed by atoms with Gasteiger partial charge in [0.1, 0.15) is 11.9 Å². The first-order valence-corrected chi connectivity index (χ1v) is 8.60. The van der Waals surface area contributed by atoms with Crippen molar-refractivity contribution in [1.82, 2.24) is 0 Å². The molecule has 7 nitrogen and oxygen atoms in total. The highest BCUT2D eigenvalue weighted by molar-refractivity contribution is 5.90. The number of benzene rings is 1. The number of hydrogen-bond acceptors (Lipinski definition) is 5. The molecule has 2 aliphatic rings. The molecule has 0 radical (unpaired) electrons. The molecule has 2 fully saturated rings. The van der Waals surface area contributed by atoms with E-state index >= 15 is 0 Å². The predicted molar refractivity (Wildman–Crippen MR) is 93.0 cm³/mol. The Morgan fingerprint density at radius 2 is 2.23 bits per heavy atom. The summed E-state index contributed by atoms with van der Waals surface area (Å²) in [7, 11) is 0. The molecule has 26 heavy (non-hydrogen) atoms. The summed E-state index contributed by atoms with van der Waals surface area (Å²) in [6, 6.07) is 6.75. The number of nitrogens with two attached hydrogens (primary N) is 1. The lowest BCUT2D eigenvalue weighted by molar-refractivity contribution is -0.118. The zero-order valence-corrected chi connectivity index (χ0v) is 14.5. The lowest BCUT2D eigenvalue weighted by Crippen LogP contribution is -2.55. The Bertz CT molecular complexity index is 763. The van der Waals surface area contributed by atoms with Gasteiger partial charge >= 0.3 is 6.09 Å². The molecule has 3 atom stereocenters. The molecule has 0 bridgehead atoms. The molecular formula is C18H21FN4O3. The molecule has 2 N–H and O–H groups in total. The van der Waals surface area contributed by atoms with Crippen LogP contribution < -0.4 is 15.5 Å². The fourth-order valence-corrected chi connectivity index (χ4v) is 3.50. The number of ether oxygens (including phenoxy) is 1. The monoisotopic (exact) mass is 360 g/mol. The number of nitrogens with zero attached hydrogens (tertiary/aromatic N) is 3. The normalized spacial score (nSPS) is 24.8. The average Bonchev–Trinajstić information content (AvgIpc) is 2.97.